The van der Waals surface area contributed by atoms with Crippen LogP contribution in [0.3, 0.4) is 0 Å². The maximum Gasteiger partial charge on any atom is 0.224 e. The molecule has 1 aromatic carbocycles. The first-order valence-electron chi connectivity index (χ1n) is 9.18. The number of carbonyl (C=O) groups excluding carboxylic acids is 1. The highest BCUT2D eigenvalue weighted by Crippen LogP contribution is 2.26. The van der Waals surface area contributed by atoms with E-state index in [4.69, 9.17) is 0 Å². The molecule has 1 atom stereocenters. The van der Waals surface area contributed by atoms with E-state index >= 15 is 0 Å². The summed E-state index contributed by atoms with van der Waals surface area (Å²) in [5.41, 5.74) is 3.10. The fourth-order valence-corrected chi connectivity index (χ4v) is 3.71. The van der Waals surface area contributed by atoms with Gasteiger partial charge in [0, 0.05) is 43.9 Å². The normalized spacial score (nSPS) is 17.6. The number of likely N-dealkylation sites (tertiary alicyclic amines) is 1. The summed E-state index contributed by atoms with van der Waals surface area (Å²) in [7, 11) is 0. The van der Waals surface area contributed by atoms with Gasteiger partial charge in [-0.05, 0) is 38.0 Å². The van der Waals surface area contributed by atoms with Gasteiger partial charge in [0.15, 0.2) is 0 Å². The molecule has 4 rings (SSSR count). The third-order valence-electron chi connectivity index (χ3n) is 5.08. The van der Waals surface area contributed by atoms with Gasteiger partial charge >= 0.3 is 0 Å². The van der Waals surface area contributed by atoms with Crippen molar-refractivity contribution in [3.8, 4) is 0 Å². The van der Waals surface area contributed by atoms with Gasteiger partial charge in [0.05, 0.1) is 17.4 Å². The molecular formula is C20H23N5O. The van der Waals surface area contributed by atoms with E-state index in [0.717, 1.165) is 48.5 Å². The van der Waals surface area contributed by atoms with Crippen LogP contribution in [0.25, 0.3) is 11.0 Å². The lowest BCUT2D eigenvalue weighted by Crippen LogP contribution is -2.39. The van der Waals surface area contributed by atoms with Gasteiger partial charge < -0.3 is 9.47 Å². The quantitative estimate of drug-likeness (QED) is 0.726. The molecule has 0 radical (unpaired) electrons. The minimum atomic E-state index is 0.207. The number of rotatable bonds is 4. The molecular weight excluding hydrogens is 326 g/mol. The van der Waals surface area contributed by atoms with Crippen molar-refractivity contribution in [3.05, 3.63) is 54.4 Å². The zero-order valence-corrected chi connectivity index (χ0v) is 15.0. The smallest absolute Gasteiger partial charge is 0.224 e. The van der Waals surface area contributed by atoms with Gasteiger partial charge in [0.2, 0.25) is 5.91 Å². The molecule has 6 heteroatoms. The number of benzene rings is 1. The summed E-state index contributed by atoms with van der Waals surface area (Å²) in [5.74, 6) is 1.31. The summed E-state index contributed by atoms with van der Waals surface area (Å²) < 4.78 is 2.06. The van der Waals surface area contributed by atoms with Crippen molar-refractivity contribution in [3.63, 3.8) is 0 Å². The van der Waals surface area contributed by atoms with Crippen LogP contribution in [0.5, 0.6) is 0 Å². The van der Waals surface area contributed by atoms with Crippen molar-refractivity contribution in [1.82, 2.24) is 24.4 Å². The van der Waals surface area contributed by atoms with Crippen LogP contribution in [-0.4, -0.2) is 43.4 Å². The van der Waals surface area contributed by atoms with E-state index in [9.17, 15) is 4.79 Å². The van der Waals surface area contributed by atoms with E-state index in [1.165, 1.54) is 0 Å². The lowest BCUT2D eigenvalue weighted by molar-refractivity contribution is -0.132. The highest BCUT2D eigenvalue weighted by atomic mass is 16.2. The summed E-state index contributed by atoms with van der Waals surface area (Å²) in [4.78, 5) is 27.8. The van der Waals surface area contributed by atoms with E-state index < -0.39 is 0 Å². The Morgan fingerprint density at radius 3 is 3.00 bits per heavy atom. The maximum atomic E-state index is 12.7. The molecule has 2 aromatic heterocycles. The number of fused-ring (bicyclic) bond motifs is 1. The third kappa shape index (κ3) is 3.45. The summed E-state index contributed by atoms with van der Waals surface area (Å²) in [5, 5.41) is 0. The Balaban J connectivity index is 1.40. The molecule has 6 nitrogen and oxygen atoms in total. The SMILES string of the molecule is Cc1nccc([C@H]2CCCN(C(=O)CCn3cnc4ccccc43)C2)n1. The van der Waals surface area contributed by atoms with E-state index in [2.05, 4.69) is 19.5 Å². The standard InChI is InChI=1S/C20H23N5O/c1-15-21-10-8-17(23-15)16-5-4-11-24(13-16)20(26)9-12-25-14-22-18-6-2-3-7-19(18)25/h2-3,6-8,10,14,16H,4-5,9,11-13H2,1H3/t16-/m0/s1. The maximum absolute atomic E-state index is 12.7. The molecule has 1 aliphatic rings. The number of para-hydroxylation sites is 2. The molecule has 3 aromatic rings. The highest BCUT2D eigenvalue weighted by Gasteiger charge is 2.25. The number of aryl methyl sites for hydroxylation is 2. The monoisotopic (exact) mass is 349 g/mol. The molecule has 0 N–H and O–H groups in total. The fourth-order valence-electron chi connectivity index (χ4n) is 3.71. The van der Waals surface area contributed by atoms with Crippen molar-refractivity contribution >= 4 is 16.9 Å². The van der Waals surface area contributed by atoms with Crippen molar-refractivity contribution in [2.45, 2.75) is 38.6 Å². The number of piperidine rings is 1. The van der Waals surface area contributed by atoms with Crippen LogP contribution >= 0.6 is 0 Å². The van der Waals surface area contributed by atoms with Gasteiger partial charge in [0.25, 0.3) is 0 Å². The van der Waals surface area contributed by atoms with Gasteiger partial charge in [0.1, 0.15) is 5.82 Å². The first kappa shape index (κ1) is 16.7. The predicted octanol–water partition coefficient (Wildman–Crippen LogP) is 2.93. The lowest BCUT2D eigenvalue weighted by Gasteiger charge is -2.32. The summed E-state index contributed by atoms with van der Waals surface area (Å²) in [6.45, 7) is 4.15. The number of hydrogen-bond acceptors (Lipinski definition) is 4. The molecule has 0 unspecified atom stereocenters. The number of amides is 1. The van der Waals surface area contributed by atoms with Crippen molar-refractivity contribution in [2.24, 2.45) is 0 Å². The van der Waals surface area contributed by atoms with Crippen molar-refractivity contribution < 1.29 is 4.79 Å². The molecule has 0 spiro atoms. The van der Waals surface area contributed by atoms with Crippen LogP contribution in [0, 0.1) is 6.92 Å². The fraction of sp³-hybridized carbons (Fsp3) is 0.400. The second kappa shape index (κ2) is 7.23. The molecule has 1 amide bonds. The average molecular weight is 349 g/mol. The van der Waals surface area contributed by atoms with E-state index in [-0.39, 0.29) is 5.91 Å². The minimum absolute atomic E-state index is 0.207. The first-order chi connectivity index (χ1) is 12.7. The van der Waals surface area contributed by atoms with E-state index in [1.54, 1.807) is 0 Å². The van der Waals surface area contributed by atoms with Crippen LogP contribution < -0.4 is 0 Å². The van der Waals surface area contributed by atoms with Crippen LogP contribution in [0.1, 0.15) is 36.7 Å². The Bertz CT molecular complexity index is 919. The zero-order chi connectivity index (χ0) is 17.9. The Morgan fingerprint density at radius 1 is 1.23 bits per heavy atom. The number of imidazole rings is 1. The van der Waals surface area contributed by atoms with Crippen molar-refractivity contribution in [1.29, 1.82) is 0 Å². The average Bonchev–Trinajstić information content (AvgIpc) is 3.09. The molecule has 134 valence electrons. The second-order valence-electron chi connectivity index (χ2n) is 6.88. The topological polar surface area (TPSA) is 63.9 Å². The van der Waals surface area contributed by atoms with Gasteiger partial charge in [-0.3, -0.25) is 4.79 Å². The predicted molar refractivity (Wildman–Crippen MR) is 99.7 cm³/mol. The number of nitrogens with zero attached hydrogens (tertiary/aromatic N) is 5. The second-order valence-corrected chi connectivity index (χ2v) is 6.88. The summed E-state index contributed by atoms with van der Waals surface area (Å²) >= 11 is 0. The van der Waals surface area contributed by atoms with Crippen LogP contribution in [0.15, 0.2) is 42.9 Å². The van der Waals surface area contributed by atoms with Crippen LogP contribution in [-0.2, 0) is 11.3 Å². The molecule has 0 bridgehead atoms. The van der Waals surface area contributed by atoms with Gasteiger partial charge in [-0.25, -0.2) is 15.0 Å². The van der Waals surface area contributed by atoms with Crippen molar-refractivity contribution in [2.75, 3.05) is 13.1 Å². The highest BCUT2D eigenvalue weighted by molar-refractivity contribution is 5.77. The molecule has 1 fully saturated rings. The molecule has 0 aliphatic carbocycles. The molecule has 0 saturated carbocycles. The van der Waals surface area contributed by atoms with Gasteiger partial charge in [-0.1, -0.05) is 12.1 Å². The Hall–Kier alpha value is -2.76. The first-order valence-corrected chi connectivity index (χ1v) is 9.18. The van der Waals surface area contributed by atoms with Crippen LogP contribution in [0.4, 0.5) is 0 Å². The molecule has 3 heterocycles. The summed E-state index contributed by atoms with van der Waals surface area (Å²) in [6, 6.07) is 9.99. The number of aromatic nitrogens is 4. The van der Waals surface area contributed by atoms with E-state index in [1.807, 2.05) is 54.7 Å². The van der Waals surface area contributed by atoms with Gasteiger partial charge in [-0.2, -0.15) is 0 Å². The van der Waals surface area contributed by atoms with Crippen LogP contribution in [0.2, 0.25) is 0 Å². The van der Waals surface area contributed by atoms with E-state index in [0.29, 0.717) is 18.9 Å². The Kier molecular flexibility index (Phi) is 4.65. The largest absolute Gasteiger partial charge is 0.342 e. The minimum Gasteiger partial charge on any atom is -0.342 e. The molecule has 1 saturated heterocycles. The Morgan fingerprint density at radius 2 is 2.12 bits per heavy atom. The molecule has 26 heavy (non-hydrogen) atoms. The number of carbonyl (C=O) groups is 1. The van der Waals surface area contributed by atoms with Gasteiger partial charge in [-0.15, -0.1) is 0 Å². The Labute approximate surface area is 152 Å². The summed E-state index contributed by atoms with van der Waals surface area (Å²) in [6.07, 6.45) is 6.22. The molecule has 1 aliphatic heterocycles. The zero-order valence-electron chi connectivity index (χ0n) is 15.0. The number of hydrogen-bond donors (Lipinski definition) is 0. The third-order valence-corrected chi connectivity index (χ3v) is 5.08. The lowest BCUT2D eigenvalue weighted by atomic mass is 9.94.